The molecule has 1 N–H and O–H groups in total. The van der Waals surface area contributed by atoms with Gasteiger partial charge in [0, 0.05) is 18.1 Å². The number of hydrazone groups is 1. The highest BCUT2D eigenvalue weighted by molar-refractivity contribution is 5.84. The van der Waals surface area contributed by atoms with E-state index in [0.717, 1.165) is 24.8 Å². The Morgan fingerprint density at radius 3 is 2.74 bits per heavy atom. The van der Waals surface area contributed by atoms with Gasteiger partial charge in [0.2, 0.25) is 5.69 Å². The lowest BCUT2D eigenvalue weighted by Gasteiger charge is -2.06. The first-order valence-corrected chi connectivity index (χ1v) is 9.12. The van der Waals surface area contributed by atoms with Crippen molar-refractivity contribution in [3.63, 3.8) is 0 Å². The highest BCUT2D eigenvalue weighted by Crippen LogP contribution is 2.23. The number of unbranched alkanes of at least 4 members (excludes halogenated alkanes) is 4. The molecule has 0 saturated heterocycles. The van der Waals surface area contributed by atoms with Gasteiger partial charge in [-0.05, 0) is 18.6 Å². The molecule has 2 rings (SSSR count). The molecule has 0 radical (unpaired) electrons. The first kappa shape index (κ1) is 20.3. The SMILES string of the molecule is CCCCCCCc1nc(C#N)c(NN=Cc2ccc(OC)cc2OC)o1. The van der Waals surface area contributed by atoms with Crippen LogP contribution in [0.3, 0.4) is 0 Å². The van der Waals surface area contributed by atoms with Crippen LogP contribution in [0.15, 0.2) is 27.7 Å². The number of nitrogens with one attached hydrogen (secondary N) is 1. The Bertz CT molecular complexity index is 793. The van der Waals surface area contributed by atoms with E-state index < -0.39 is 0 Å². The van der Waals surface area contributed by atoms with Gasteiger partial charge in [0.25, 0.3) is 5.88 Å². The van der Waals surface area contributed by atoms with E-state index in [1.807, 2.05) is 18.2 Å². The average Bonchev–Trinajstić information content (AvgIpc) is 3.10. The zero-order valence-corrected chi connectivity index (χ0v) is 16.1. The van der Waals surface area contributed by atoms with Crippen molar-refractivity contribution in [3.8, 4) is 17.6 Å². The van der Waals surface area contributed by atoms with Gasteiger partial charge in [-0.2, -0.15) is 10.4 Å². The quantitative estimate of drug-likeness (QED) is 0.355. The van der Waals surface area contributed by atoms with Crippen LogP contribution < -0.4 is 14.9 Å². The van der Waals surface area contributed by atoms with Gasteiger partial charge in [0.1, 0.15) is 17.6 Å². The van der Waals surface area contributed by atoms with Crippen LogP contribution in [0.5, 0.6) is 11.5 Å². The number of rotatable bonds is 11. The molecular formula is C20H26N4O3. The van der Waals surface area contributed by atoms with E-state index in [1.165, 1.54) is 19.3 Å². The molecule has 0 aliphatic rings. The number of nitriles is 1. The molecule has 0 atom stereocenters. The minimum Gasteiger partial charge on any atom is -0.497 e. The lowest BCUT2D eigenvalue weighted by molar-refractivity contribution is 0.394. The molecule has 1 aromatic carbocycles. The number of aryl methyl sites for hydroxylation is 1. The second-order valence-corrected chi connectivity index (χ2v) is 6.04. The van der Waals surface area contributed by atoms with Crippen molar-refractivity contribution in [3.05, 3.63) is 35.3 Å². The van der Waals surface area contributed by atoms with E-state index in [-0.39, 0.29) is 11.6 Å². The molecule has 144 valence electrons. The fourth-order valence-electron chi connectivity index (χ4n) is 2.59. The minimum atomic E-state index is 0.206. The molecule has 0 bridgehead atoms. The molecule has 1 aromatic heterocycles. The fraction of sp³-hybridized carbons (Fsp3) is 0.450. The molecule has 1 heterocycles. The van der Waals surface area contributed by atoms with Crippen molar-refractivity contribution < 1.29 is 13.9 Å². The number of anilines is 1. The standard InChI is InChI=1S/C20H26N4O3/c1-4-5-6-7-8-9-19-23-17(13-21)20(27-19)24-22-14-15-10-11-16(25-2)12-18(15)26-3/h10-12,14,24H,4-9H2,1-3H3. The third kappa shape index (κ3) is 6.03. The van der Waals surface area contributed by atoms with Crippen molar-refractivity contribution in [1.82, 2.24) is 4.98 Å². The number of aromatic nitrogens is 1. The fourth-order valence-corrected chi connectivity index (χ4v) is 2.59. The molecule has 0 aliphatic carbocycles. The van der Waals surface area contributed by atoms with E-state index in [4.69, 9.17) is 13.9 Å². The van der Waals surface area contributed by atoms with E-state index in [1.54, 1.807) is 26.5 Å². The molecule has 0 unspecified atom stereocenters. The van der Waals surface area contributed by atoms with Crippen LogP contribution in [-0.4, -0.2) is 25.4 Å². The Kier molecular flexibility index (Phi) is 8.17. The lowest BCUT2D eigenvalue weighted by Crippen LogP contribution is -1.95. The molecule has 7 heteroatoms. The number of hydrogen-bond donors (Lipinski definition) is 1. The summed E-state index contributed by atoms with van der Waals surface area (Å²) < 4.78 is 16.1. The summed E-state index contributed by atoms with van der Waals surface area (Å²) in [5.41, 5.74) is 3.72. The number of hydrogen-bond acceptors (Lipinski definition) is 7. The minimum absolute atomic E-state index is 0.206. The van der Waals surface area contributed by atoms with Gasteiger partial charge in [-0.15, -0.1) is 0 Å². The highest BCUT2D eigenvalue weighted by Gasteiger charge is 2.12. The van der Waals surface area contributed by atoms with Crippen LogP contribution in [0.1, 0.15) is 56.2 Å². The number of methoxy groups -OCH3 is 2. The summed E-state index contributed by atoms with van der Waals surface area (Å²) in [7, 11) is 3.18. The van der Waals surface area contributed by atoms with Gasteiger partial charge >= 0.3 is 0 Å². The maximum absolute atomic E-state index is 9.23. The topological polar surface area (TPSA) is 92.7 Å². The van der Waals surface area contributed by atoms with Crippen molar-refractivity contribution in [2.45, 2.75) is 45.4 Å². The summed E-state index contributed by atoms with van der Waals surface area (Å²) in [6.45, 7) is 2.19. The molecule has 7 nitrogen and oxygen atoms in total. The smallest absolute Gasteiger partial charge is 0.252 e. The predicted octanol–water partition coefficient (Wildman–Crippen LogP) is 4.52. The summed E-state index contributed by atoms with van der Waals surface area (Å²) in [6, 6.07) is 7.45. The Morgan fingerprint density at radius 1 is 1.22 bits per heavy atom. The van der Waals surface area contributed by atoms with Crippen LogP contribution in [0.2, 0.25) is 0 Å². The van der Waals surface area contributed by atoms with Crippen molar-refractivity contribution in [1.29, 1.82) is 5.26 Å². The summed E-state index contributed by atoms with van der Waals surface area (Å²) in [5.74, 6) is 2.14. The van der Waals surface area contributed by atoms with E-state index in [0.29, 0.717) is 17.4 Å². The van der Waals surface area contributed by atoms with Crippen LogP contribution in [-0.2, 0) is 6.42 Å². The van der Waals surface area contributed by atoms with Crippen LogP contribution in [0.25, 0.3) is 0 Å². The molecule has 27 heavy (non-hydrogen) atoms. The number of oxazole rings is 1. The second-order valence-electron chi connectivity index (χ2n) is 6.04. The summed E-state index contributed by atoms with van der Waals surface area (Å²) in [5, 5.41) is 13.4. The van der Waals surface area contributed by atoms with E-state index in [2.05, 4.69) is 22.4 Å². The molecule has 0 saturated carbocycles. The maximum Gasteiger partial charge on any atom is 0.252 e. The van der Waals surface area contributed by atoms with Crippen molar-refractivity contribution >= 4 is 12.1 Å². The first-order chi connectivity index (χ1) is 13.2. The monoisotopic (exact) mass is 370 g/mol. The van der Waals surface area contributed by atoms with Crippen LogP contribution in [0, 0.1) is 11.3 Å². The molecule has 0 spiro atoms. The Balaban J connectivity index is 1.99. The zero-order chi connectivity index (χ0) is 19.5. The molecule has 2 aromatic rings. The molecular weight excluding hydrogens is 344 g/mol. The summed E-state index contributed by atoms with van der Waals surface area (Å²) >= 11 is 0. The third-order valence-corrected chi connectivity index (χ3v) is 4.08. The van der Waals surface area contributed by atoms with Crippen molar-refractivity contribution in [2.75, 3.05) is 19.6 Å². The maximum atomic E-state index is 9.23. The largest absolute Gasteiger partial charge is 0.497 e. The zero-order valence-electron chi connectivity index (χ0n) is 16.1. The number of nitrogens with zero attached hydrogens (tertiary/aromatic N) is 3. The first-order valence-electron chi connectivity index (χ1n) is 9.12. The molecule has 0 amide bonds. The van der Waals surface area contributed by atoms with Crippen LogP contribution >= 0.6 is 0 Å². The van der Waals surface area contributed by atoms with Crippen molar-refractivity contribution in [2.24, 2.45) is 5.10 Å². The molecule has 0 fully saturated rings. The Hall–Kier alpha value is -3.01. The summed E-state index contributed by atoms with van der Waals surface area (Å²) in [6.07, 6.45) is 8.10. The van der Waals surface area contributed by atoms with Crippen LogP contribution in [0.4, 0.5) is 5.88 Å². The number of ether oxygens (including phenoxy) is 2. The van der Waals surface area contributed by atoms with Gasteiger partial charge in [-0.25, -0.2) is 10.4 Å². The predicted molar refractivity (Wildman–Crippen MR) is 104 cm³/mol. The van der Waals surface area contributed by atoms with Gasteiger partial charge in [0.15, 0.2) is 5.89 Å². The van der Waals surface area contributed by atoms with Gasteiger partial charge in [-0.3, -0.25) is 0 Å². The average molecular weight is 370 g/mol. The molecule has 0 aliphatic heterocycles. The third-order valence-electron chi connectivity index (χ3n) is 4.08. The Morgan fingerprint density at radius 2 is 2.04 bits per heavy atom. The van der Waals surface area contributed by atoms with Gasteiger partial charge in [0.05, 0.1) is 20.4 Å². The Labute approximate surface area is 160 Å². The lowest BCUT2D eigenvalue weighted by atomic mass is 10.1. The van der Waals surface area contributed by atoms with E-state index in [9.17, 15) is 5.26 Å². The highest BCUT2D eigenvalue weighted by atomic mass is 16.5. The van der Waals surface area contributed by atoms with Gasteiger partial charge < -0.3 is 13.9 Å². The van der Waals surface area contributed by atoms with Gasteiger partial charge in [-0.1, -0.05) is 32.6 Å². The summed E-state index contributed by atoms with van der Waals surface area (Å²) in [4.78, 5) is 4.22. The normalized spacial score (nSPS) is 10.7. The second kappa shape index (κ2) is 10.9. The number of benzene rings is 1. The van der Waals surface area contributed by atoms with E-state index >= 15 is 0 Å².